The number of carboxylic acids is 1. The number of likely N-dealkylation sites (N-methyl/N-ethyl adjacent to an activating group) is 1. The summed E-state index contributed by atoms with van der Waals surface area (Å²) >= 11 is 6.54. The Bertz CT molecular complexity index is 1290. The van der Waals surface area contributed by atoms with Gasteiger partial charge >= 0.3 is 18.3 Å². The van der Waals surface area contributed by atoms with Crippen LogP contribution in [0.3, 0.4) is 0 Å². The maximum absolute atomic E-state index is 13.2. The molecule has 0 aliphatic heterocycles. The fourth-order valence-electron chi connectivity index (χ4n) is 3.60. The van der Waals surface area contributed by atoms with Gasteiger partial charge in [-0.15, -0.1) is 6.54 Å². The SMILES string of the molecule is CCC=CC(=O)O.CN(C(=O)c1cc(C(F)(F)F)cc(C(F)(F)F)c1)[C@@]1(Cl)C=CC(c2ccc(CC[NH-])nc2)=CC1. The highest BCUT2D eigenvalue weighted by Gasteiger charge is 2.39. The first-order valence-corrected chi connectivity index (χ1v) is 12.5. The van der Waals surface area contributed by atoms with Gasteiger partial charge in [0.05, 0.1) is 11.1 Å². The minimum Gasteiger partial charge on any atom is -0.677 e. The first-order chi connectivity index (χ1) is 19.0. The van der Waals surface area contributed by atoms with Crippen molar-refractivity contribution in [3.8, 4) is 0 Å². The summed E-state index contributed by atoms with van der Waals surface area (Å²) in [5.41, 5.74) is 5.55. The molecule has 6 nitrogen and oxygen atoms in total. The molecule has 3 rings (SSSR count). The van der Waals surface area contributed by atoms with E-state index in [-0.39, 0.29) is 19.0 Å². The molecule has 0 fully saturated rings. The number of aromatic nitrogens is 1. The lowest BCUT2D eigenvalue weighted by molar-refractivity contribution is -0.143. The van der Waals surface area contributed by atoms with Crippen molar-refractivity contribution in [1.29, 1.82) is 0 Å². The Morgan fingerprint density at radius 1 is 1.12 bits per heavy atom. The van der Waals surface area contributed by atoms with Crippen LogP contribution >= 0.6 is 11.6 Å². The number of alkyl halides is 7. The number of nitrogens with one attached hydrogen (secondary N) is 1. The minimum atomic E-state index is -5.07. The minimum absolute atomic E-state index is 0.0356. The standard InChI is InChI=1S/C23H19ClF6N3O.C5H8O2/c1-33(20(34)16-10-17(22(25,26)27)12-18(11-16)23(28,29)30)21(24)7-4-14(5-8-21)15-2-3-19(6-9-31)32-13-15;1-2-3-4-5(6)7/h2-5,7,10-13,31H,6,8-9H2,1H3;3-4H,2H2,1H3,(H,6,7)/q-1;/t21-;/m0./s1. The van der Waals surface area contributed by atoms with Gasteiger partial charge in [0, 0.05) is 37.0 Å². The van der Waals surface area contributed by atoms with E-state index in [9.17, 15) is 35.9 Å². The molecule has 2 aromatic rings. The molecule has 13 heteroatoms. The smallest absolute Gasteiger partial charge is 0.416 e. The van der Waals surface area contributed by atoms with E-state index in [1.54, 1.807) is 30.5 Å². The Morgan fingerprint density at radius 2 is 1.73 bits per heavy atom. The molecule has 41 heavy (non-hydrogen) atoms. The molecule has 1 aromatic heterocycles. The number of carbonyl (C=O) groups excluding carboxylic acids is 1. The van der Waals surface area contributed by atoms with E-state index >= 15 is 0 Å². The Balaban J connectivity index is 0.000000745. The summed E-state index contributed by atoms with van der Waals surface area (Å²) in [6.45, 7) is 2.10. The number of benzene rings is 1. The number of hydrogen-bond acceptors (Lipinski definition) is 3. The third-order valence-corrected chi connectivity index (χ3v) is 6.39. The van der Waals surface area contributed by atoms with Crippen LogP contribution in [-0.4, -0.2) is 45.5 Å². The first kappa shape index (κ1) is 33.6. The molecule has 1 aromatic carbocycles. The Hall–Kier alpha value is -3.64. The van der Waals surface area contributed by atoms with Gasteiger partial charge in [0.25, 0.3) is 5.91 Å². The lowest BCUT2D eigenvalue weighted by atomic mass is 9.96. The number of amides is 1. The van der Waals surface area contributed by atoms with Crippen molar-refractivity contribution >= 4 is 29.1 Å². The molecule has 1 aliphatic rings. The van der Waals surface area contributed by atoms with E-state index in [2.05, 4.69) is 4.98 Å². The van der Waals surface area contributed by atoms with Crippen LogP contribution in [0, 0.1) is 0 Å². The molecule has 0 spiro atoms. The zero-order valence-electron chi connectivity index (χ0n) is 22.0. The molecule has 1 amide bonds. The van der Waals surface area contributed by atoms with Gasteiger partial charge in [-0.1, -0.05) is 42.8 Å². The Kier molecular flexibility index (Phi) is 11.3. The van der Waals surface area contributed by atoms with Gasteiger partial charge in [-0.25, -0.2) is 4.79 Å². The average Bonchev–Trinajstić information content (AvgIpc) is 2.91. The number of halogens is 7. The van der Waals surface area contributed by atoms with Crippen LogP contribution in [0.2, 0.25) is 0 Å². The highest BCUT2D eigenvalue weighted by atomic mass is 35.5. The van der Waals surface area contributed by atoms with Gasteiger partial charge in [-0.3, -0.25) is 9.78 Å². The number of rotatable bonds is 7. The van der Waals surface area contributed by atoms with Crippen molar-refractivity contribution in [2.45, 2.75) is 43.5 Å². The normalized spacial score (nSPS) is 17.1. The number of carboxylic acid groups (broad SMARTS) is 1. The molecular weight excluding hydrogens is 576 g/mol. The Labute approximate surface area is 237 Å². The number of allylic oxidation sites excluding steroid dienone is 3. The van der Waals surface area contributed by atoms with Crippen LogP contribution in [0.15, 0.2) is 66.9 Å². The molecule has 1 heterocycles. The van der Waals surface area contributed by atoms with E-state index in [1.165, 1.54) is 13.1 Å². The third kappa shape index (κ3) is 9.46. The lowest BCUT2D eigenvalue weighted by Gasteiger charge is -2.35. The van der Waals surface area contributed by atoms with Gasteiger partial charge in [-0.05, 0) is 54.3 Å². The van der Waals surface area contributed by atoms with Gasteiger partial charge in [-0.2, -0.15) is 26.3 Å². The number of nitrogens with zero attached hydrogens (tertiary/aromatic N) is 2. The summed E-state index contributed by atoms with van der Waals surface area (Å²) in [6, 6.07) is 4.32. The highest BCUT2D eigenvalue weighted by Crippen LogP contribution is 2.38. The number of carbonyl (C=O) groups is 2. The summed E-state index contributed by atoms with van der Waals surface area (Å²) < 4.78 is 78.9. The summed E-state index contributed by atoms with van der Waals surface area (Å²) in [7, 11) is 1.21. The second-order valence-corrected chi connectivity index (χ2v) is 9.52. The van der Waals surface area contributed by atoms with E-state index in [0.29, 0.717) is 18.6 Å². The Morgan fingerprint density at radius 3 is 2.12 bits per heavy atom. The summed E-state index contributed by atoms with van der Waals surface area (Å²) in [5.74, 6) is -1.96. The van der Waals surface area contributed by atoms with E-state index in [4.69, 9.17) is 22.4 Å². The molecule has 1 atom stereocenters. The summed E-state index contributed by atoms with van der Waals surface area (Å²) in [5, 5.41) is 7.96. The van der Waals surface area contributed by atoms with Crippen LogP contribution < -0.4 is 0 Å². The van der Waals surface area contributed by atoms with Gasteiger partial charge < -0.3 is 15.7 Å². The van der Waals surface area contributed by atoms with Crippen molar-refractivity contribution in [3.63, 3.8) is 0 Å². The largest absolute Gasteiger partial charge is 0.677 e. The molecule has 222 valence electrons. The van der Waals surface area contributed by atoms with Crippen LogP contribution in [0.4, 0.5) is 26.3 Å². The monoisotopic (exact) mass is 602 g/mol. The van der Waals surface area contributed by atoms with Crippen LogP contribution in [-0.2, 0) is 23.6 Å². The van der Waals surface area contributed by atoms with Crippen LogP contribution in [0.25, 0.3) is 11.3 Å². The molecule has 1 aliphatic carbocycles. The second-order valence-electron chi connectivity index (χ2n) is 8.86. The van der Waals surface area contributed by atoms with Gasteiger partial charge in [0.2, 0.25) is 0 Å². The van der Waals surface area contributed by atoms with E-state index < -0.39 is 45.9 Å². The number of pyridine rings is 1. The third-order valence-electron chi connectivity index (χ3n) is 5.86. The number of hydrogen-bond donors (Lipinski definition) is 1. The molecule has 0 bridgehead atoms. The molecule has 0 saturated heterocycles. The molecular formula is C28H27ClF6N3O3-. The average molecular weight is 603 g/mol. The number of aliphatic carboxylic acids is 1. The quantitative estimate of drug-likeness (QED) is 0.151. The van der Waals surface area contributed by atoms with E-state index in [0.717, 1.165) is 34.2 Å². The summed E-state index contributed by atoms with van der Waals surface area (Å²) in [4.78, 5) is 26.2. The van der Waals surface area contributed by atoms with Crippen LogP contribution in [0.5, 0.6) is 0 Å². The van der Waals surface area contributed by atoms with Crippen molar-refractivity contribution in [1.82, 2.24) is 9.88 Å². The van der Waals surface area contributed by atoms with E-state index in [1.807, 2.05) is 13.0 Å². The molecule has 0 unspecified atom stereocenters. The highest BCUT2D eigenvalue weighted by molar-refractivity contribution is 6.26. The van der Waals surface area contributed by atoms with Crippen LogP contribution in [0.1, 0.15) is 52.5 Å². The topological polar surface area (TPSA) is 94.3 Å². The zero-order valence-corrected chi connectivity index (χ0v) is 22.7. The van der Waals surface area contributed by atoms with Crippen molar-refractivity contribution < 1.29 is 41.0 Å². The molecule has 0 saturated carbocycles. The molecule has 2 N–H and O–H groups in total. The van der Waals surface area contributed by atoms with Crippen molar-refractivity contribution in [2.24, 2.45) is 0 Å². The fraction of sp³-hybridized carbons (Fsp3) is 0.321. The molecule has 0 radical (unpaired) electrons. The van der Waals surface area contributed by atoms with Gasteiger partial charge in [0.1, 0.15) is 5.00 Å². The predicted molar refractivity (Wildman–Crippen MR) is 143 cm³/mol. The maximum atomic E-state index is 13.2. The van der Waals surface area contributed by atoms with Gasteiger partial charge in [0.15, 0.2) is 0 Å². The van der Waals surface area contributed by atoms with Crippen molar-refractivity contribution in [3.05, 3.63) is 101 Å². The van der Waals surface area contributed by atoms with Crippen molar-refractivity contribution in [2.75, 3.05) is 13.6 Å². The predicted octanol–water partition coefficient (Wildman–Crippen LogP) is 7.80. The zero-order chi connectivity index (χ0) is 31.0. The lowest BCUT2D eigenvalue weighted by Crippen LogP contribution is -2.44. The second kappa shape index (κ2) is 13.8. The first-order valence-electron chi connectivity index (χ1n) is 12.2. The maximum Gasteiger partial charge on any atom is 0.416 e. The summed E-state index contributed by atoms with van der Waals surface area (Å²) in [6.07, 6.45) is 0.339. The fourth-order valence-corrected chi connectivity index (χ4v) is 3.82.